The fraction of sp³-hybridized carbons (Fsp3) is 0.462. The highest BCUT2D eigenvalue weighted by atomic mass is 32.1. The van der Waals surface area contributed by atoms with Crippen molar-refractivity contribution in [2.24, 2.45) is 11.7 Å². The zero-order valence-corrected chi connectivity index (χ0v) is 11.1. The van der Waals surface area contributed by atoms with Gasteiger partial charge < -0.3 is 10.6 Å². The number of hydrogen-bond acceptors (Lipinski definition) is 2. The Bertz CT molecular complexity index is 363. The molecule has 0 saturated carbocycles. The predicted molar refractivity (Wildman–Crippen MR) is 75.0 cm³/mol. The van der Waals surface area contributed by atoms with Gasteiger partial charge in [-0.3, -0.25) is 0 Å². The summed E-state index contributed by atoms with van der Waals surface area (Å²) in [6, 6.07) is 8.40. The molecule has 1 rings (SSSR count). The van der Waals surface area contributed by atoms with Crippen LogP contribution in [-0.4, -0.2) is 18.1 Å². The lowest BCUT2D eigenvalue weighted by atomic mass is 10.1. The number of para-hydroxylation sites is 1. The molecule has 3 heteroatoms. The van der Waals surface area contributed by atoms with Gasteiger partial charge in [0.15, 0.2) is 0 Å². The Kier molecular flexibility index (Phi) is 4.74. The van der Waals surface area contributed by atoms with Crippen LogP contribution in [0.5, 0.6) is 0 Å². The molecule has 0 heterocycles. The van der Waals surface area contributed by atoms with E-state index < -0.39 is 0 Å². The minimum Gasteiger partial charge on any atom is -0.393 e. The highest BCUT2D eigenvalue weighted by Gasteiger charge is 2.12. The number of anilines is 1. The topological polar surface area (TPSA) is 29.3 Å². The fourth-order valence-electron chi connectivity index (χ4n) is 1.74. The molecule has 0 aliphatic carbocycles. The standard InChI is InChI=1S/C13H20N2S/c1-4-15(9-11(3)13(14)16)12-8-6-5-7-10(12)2/h5-8,11H,4,9H2,1-3H3,(H2,14,16). The van der Waals surface area contributed by atoms with E-state index in [1.54, 1.807) is 0 Å². The summed E-state index contributed by atoms with van der Waals surface area (Å²) in [6.45, 7) is 8.21. The summed E-state index contributed by atoms with van der Waals surface area (Å²) in [4.78, 5) is 2.91. The maximum Gasteiger partial charge on any atom is 0.0773 e. The minimum absolute atomic E-state index is 0.245. The third-order valence-corrected chi connectivity index (χ3v) is 3.22. The number of nitrogens with zero attached hydrogens (tertiary/aromatic N) is 1. The molecular weight excluding hydrogens is 216 g/mol. The van der Waals surface area contributed by atoms with Crippen molar-refractivity contribution in [1.82, 2.24) is 0 Å². The van der Waals surface area contributed by atoms with E-state index >= 15 is 0 Å². The average molecular weight is 236 g/mol. The van der Waals surface area contributed by atoms with Gasteiger partial charge in [-0.15, -0.1) is 0 Å². The van der Waals surface area contributed by atoms with E-state index in [1.165, 1.54) is 11.3 Å². The molecule has 0 spiro atoms. The van der Waals surface area contributed by atoms with E-state index in [4.69, 9.17) is 18.0 Å². The molecule has 0 aliphatic rings. The van der Waals surface area contributed by atoms with Crippen molar-refractivity contribution in [2.75, 3.05) is 18.0 Å². The Labute approximate surface area is 103 Å². The Morgan fingerprint density at radius 3 is 2.56 bits per heavy atom. The van der Waals surface area contributed by atoms with Gasteiger partial charge in [-0.2, -0.15) is 0 Å². The van der Waals surface area contributed by atoms with Gasteiger partial charge in [0.05, 0.1) is 4.99 Å². The normalized spacial score (nSPS) is 12.2. The quantitative estimate of drug-likeness (QED) is 0.797. The summed E-state index contributed by atoms with van der Waals surface area (Å²) in [5.41, 5.74) is 8.22. The van der Waals surface area contributed by atoms with E-state index in [9.17, 15) is 0 Å². The van der Waals surface area contributed by atoms with Gasteiger partial charge in [0, 0.05) is 24.7 Å². The Morgan fingerprint density at radius 1 is 1.44 bits per heavy atom. The predicted octanol–water partition coefficient (Wildman–Crippen LogP) is 2.74. The van der Waals surface area contributed by atoms with Gasteiger partial charge >= 0.3 is 0 Å². The molecule has 16 heavy (non-hydrogen) atoms. The molecule has 0 radical (unpaired) electrons. The molecule has 1 aromatic rings. The van der Waals surface area contributed by atoms with Crippen molar-refractivity contribution in [1.29, 1.82) is 0 Å². The van der Waals surface area contributed by atoms with Gasteiger partial charge in [-0.25, -0.2) is 0 Å². The minimum atomic E-state index is 0.245. The van der Waals surface area contributed by atoms with Crippen LogP contribution in [0.25, 0.3) is 0 Å². The molecule has 1 atom stereocenters. The molecule has 0 aliphatic heterocycles. The van der Waals surface area contributed by atoms with Gasteiger partial charge in [0.2, 0.25) is 0 Å². The number of benzene rings is 1. The number of thiocarbonyl (C=S) groups is 1. The highest BCUT2D eigenvalue weighted by molar-refractivity contribution is 7.80. The molecule has 1 aromatic carbocycles. The van der Waals surface area contributed by atoms with E-state index in [1.807, 2.05) is 0 Å². The Balaban J connectivity index is 2.83. The van der Waals surface area contributed by atoms with E-state index in [2.05, 4.69) is 49.9 Å². The fourth-order valence-corrected chi connectivity index (χ4v) is 1.81. The molecule has 0 aromatic heterocycles. The molecule has 88 valence electrons. The van der Waals surface area contributed by atoms with E-state index in [-0.39, 0.29) is 5.92 Å². The SMILES string of the molecule is CCN(CC(C)C(N)=S)c1ccccc1C. The largest absolute Gasteiger partial charge is 0.393 e. The zero-order valence-electron chi connectivity index (χ0n) is 10.2. The molecule has 0 saturated heterocycles. The molecule has 1 unspecified atom stereocenters. The first kappa shape index (κ1) is 13.0. The van der Waals surface area contributed by atoms with Crippen LogP contribution >= 0.6 is 12.2 Å². The van der Waals surface area contributed by atoms with E-state index in [0.29, 0.717) is 4.99 Å². The third kappa shape index (κ3) is 3.20. The smallest absolute Gasteiger partial charge is 0.0773 e. The summed E-state index contributed by atoms with van der Waals surface area (Å²) in [5.74, 6) is 0.245. The van der Waals surface area contributed by atoms with Crippen LogP contribution in [0.2, 0.25) is 0 Å². The van der Waals surface area contributed by atoms with Crippen molar-refractivity contribution in [2.45, 2.75) is 20.8 Å². The van der Waals surface area contributed by atoms with Crippen LogP contribution in [0.4, 0.5) is 5.69 Å². The van der Waals surface area contributed by atoms with Crippen LogP contribution in [-0.2, 0) is 0 Å². The van der Waals surface area contributed by atoms with Crippen LogP contribution in [0, 0.1) is 12.8 Å². The molecular formula is C13H20N2S. The lowest BCUT2D eigenvalue weighted by molar-refractivity contribution is 0.706. The molecule has 0 amide bonds. The lowest BCUT2D eigenvalue weighted by Crippen LogP contribution is -2.34. The van der Waals surface area contributed by atoms with E-state index in [0.717, 1.165) is 13.1 Å². The Morgan fingerprint density at radius 2 is 2.06 bits per heavy atom. The van der Waals surface area contributed by atoms with Crippen LogP contribution in [0.15, 0.2) is 24.3 Å². The molecule has 2 N–H and O–H groups in total. The van der Waals surface area contributed by atoms with Crippen molar-refractivity contribution >= 4 is 22.9 Å². The van der Waals surface area contributed by atoms with Gasteiger partial charge in [-0.05, 0) is 25.5 Å². The highest BCUT2D eigenvalue weighted by Crippen LogP contribution is 2.20. The second kappa shape index (κ2) is 5.85. The zero-order chi connectivity index (χ0) is 12.1. The summed E-state index contributed by atoms with van der Waals surface area (Å²) in [5, 5.41) is 0. The number of hydrogen-bond donors (Lipinski definition) is 1. The Hall–Kier alpha value is -1.09. The first-order chi connectivity index (χ1) is 7.56. The van der Waals surface area contributed by atoms with Gasteiger partial charge in [-0.1, -0.05) is 37.3 Å². The third-order valence-electron chi connectivity index (χ3n) is 2.82. The first-order valence-electron chi connectivity index (χ1n) is 5.66. The van der Waals surface area contributed by atoms with Crippen molar-refractivity contribution in [3.05, 3.63) is 29.8 Å². The van der Waals surface area contributed by atoms with Crippen molar-refractivity contribution < 1.29 is 0 Å². The second-order valence-corrected chi connectivity index (χ2v) is 4.60. The summed E-state index contributed by atoms with van der Waals surface area (Å²) < 4.78 is 0. The molecule has 0 bridgehead atoms. The first-order valence-corrected chi connectivity index (χ1v) is 6.07. The van der Waals surface area contributed by atoms with Gasteiger partial charge in [0.1, 0.15) is 0 Å². The van der Waals surface area contributed by atoms with Gasteiger partial charge in [0.25, 0.3) is 0 Å². The molecule has 0 fully saturated rings. The number of rotatable bonds is 5. The van der Waals surface area contributed by atoms with Crippen molar-refractivity contribution in [3.8, 4) is 0 Å². The summed E-state index contributed by atoms with van der Waals surface area (Å²) in [6.07, 6.45) is 0. The maximum atomic E-state index is 5.66. The lowest BCUT2D eigenvalue weighted by Gasteiger charge is -2.27. The van der Waals surface area contributed by atoms with Crippen LogP contribution in [0.3, 0.4) is 0 Å². The maximum absolute atomic E-state index is 5.66. The molecule has 2 nitrogen and oxygen atoms in total. The van der Waals surface area contributed by atoms with Crippen LogP contribution < -0.4 is 10.6 Å². The van der Waals surface area contributed by atoms with Crippen LogP contribution in [0.1, 0.15) is 19.4 Å². The summed E-state index contributed by atoms with van der Waals surface area (Å²) >= 11 is 5.02. The monoisotopic (exact) mass is 236 g/mol. The second-order valence-electron chi connectivity index (χ2n) is 4.13. The van der Waals surface area contributed by atoms with Crippen molar-refractivity contribution in [3.63, 3.8) is 0 Å². The number of aryl methyl sites for hydroxylation is 1. The average Bonchev–Trinajstić information content (AvgIpc) is 2.26. The number of nitrogens with two attached hydrogens (primary N) is 1. The summed E-state index contributed by atoms with van der Waals surface area (Å²) in [7, 11) is 0.